The molecule has 2 N–H and O–H groups in total. The van der Waals surface area contributed by atoms with E-state index in [2.05, 4.69) is 17.1 Å². The summed E-state index contributed by atoms with van der Waals surface area (Å²) in [7, 11) is 1.77. The van der Waals surface area contributed by atoms with Crippen molar-refractivity contribution in [1.29, 1.82) is 0 Å². The Morgan fingerprint density at radius 2 is 1.95 bits per heavy atom. The highest BCUT2D eigenvalue weighted by Gasteiger charge is 2.37. The van der Waals surface area contributed by atoms with Crippen molar-refractivity contribution in [3.8, 4) is 0 Å². The van der Waals surface area contributed by atoms with E-state index in [0.29, 0.717) is 5.92 Å². The second-order valence-electron chi connectivity index (χ2n) is 6.35. The zero-order chi connectivity index (χ0) is 15.1. The van der Waals surface area contributed by atoms with Crippen molar-refractivity contribution in [2.24, 2.45) is 11.7 Å². The van der Waals surface area contributed by atoms with E-state index < -0.39 is 0 Å². The van der Waals surface area contributed by atoms with Gasteiger partial charge in [0.05, 0.1) is 0 Å². The van der Waals surface area contributed by atoms with Gasteiger partial charge in [-0.2, -0.15) is 4.98 Å². The molecule has 5 nitrogen and oxygen atoms in total. The number of aromatic nitrogens is 2. The largest absolute Gasteiger partial charge is 0.370 e. The van der Waals surface area contributed by atoms with Crippen molar-refractivity contribution in [2.75, 3.05) is 13.7 Å². The van der Waals surface area contributed by atoms with Gasteiger partial charge in [0.25, 0.3) is 0 Å². The molecule has 0 spiro atoms. The molecule has 2 rings (SSSR count). The van der Waals surface area contributed by atoms with Gasteiger partial charge in [0.2, 0.25) is 11.7 Å². The smallest absolute Gasteiger partial charge is 0.226 e. The van der Waals surface area contributed by atoms with Crippen LogP contribution in [0.5, 0.6) is 0 Å². The third-order valence-corrected chi connectivity index (χ3v) is 4.69. The second kappa shape index (κ2) is 7.90. The Morgan fingerprint density at radius 3 is 2.57 bits per heavy atom. The molecule has 120 valence electrons. The first kappa shape index (κ1) is 16.4. The molecular weight excluding hydrogens is 266 g/mol. The van der Waals surface area contributed by atoms with Gasteiger partial charge in [-0.25, -0.2) is 0 Å². The lowest BCUT2D eigenvalue weighted by Gasteiger charge is -2.27. The number of hydrogen-bond donors (Lipinski definition) is 1. The van der Waals surface area contributed by atoms with E-state index in [1.807, 2.05) is 0 Å². The Kier molecular flexibility index (Phi) is 6.18. The highest BCUT2D eigenvalue weighted by molar-refractivity contribution is 5.02. The van der Waals surface area contributed by atoms with E-state index in [1.165, 1.54) is 25.7 Å². The van der Waals surface area contributed by atoms with Gasteiger partial charge in [-0.3, -0.25) is 0 Å². The zero-order valence-corrected chi connectivity index (χ0v) is 13.4. The van der Waals surface area contributed by atoms with Crippen LogP contribution in [0, 0.1) is 5.92 Å². The van der Waals surface area contributed by atoms with Crippen molar-refractivity contribution < 1.29 is 9.26 Å². The summed E-state index contributed by atoms with van der Waals surface area (Å²) in [6.45, 7) is 2.95. The van der Waals surface area contributed by atoms with E-state index in [1.54, 1.807) is 7.11 Å². The van der Waals surface area contributed by atoms with Crippen molar-refractivity contribution >= 4 is 0 Å². The molecule has 0 saturated heterocycles. The van der Waals surface area contributed by atoms with Gasteiger partial charge >= 0.3 is 0 Å². The summed E-state index contributed by atoms with van der Waals surface area (Å²) < 4.78 is 11.3. The maximum absolute atomic E-state index is 5.82. The fourth-order valence-electron chi connectivity index (χ4n) is 3.16. The standard InChI is InChI=1S/C16H29N3O2/c1-13(9-12-17)7-8-14-18-15(19-21-14)16(20-2)10-5-3-4-6-11-16/h13H,3-12,17H2,1-2H3. The molecule has 0 bridgehead atoms. The molecule has 0 amide bonds. The number of methoxy groups -OCH3 is 1. The number of aryl methyl sites for hydroxylation is 1. The summed E-state index contributed by atoms with van der Waals surface area (Å²) in [5, 5.41) is 4.21. The second-order valence-corrected chi connectivity index (χ2v) is 6.35. The van der Waals surface area contributed by atoms with E-state index in [-0.39, 0.29) is 5.60 Å². The fourth-order valence-corrected chi connectivity index (χ4v) is 3.16. The summed E-state index contributed by atoms with van der Waals surface area (Å²) in [4.78, 5) is 4.62. The van der Waals surface area contributed by atoms with E-state index in [0.717, 1.165) is 50.4 Å². The minimum atomic E-state index is -0.332. The number of ether oxygens (including phenoxy) is 1. The zero-order valence-electron chi connectivity index (χ0n) is 13.4. The minimum Gasteiger partial charge on any atom is -0.370 e. The first-order chi connectivity index (χ1) is 10.2. The molecule has 0 aromatic carbocycles. The molecule has 1 aliphatic carbocycles. The molecule has 1 aromatic rings. The molecule has 1 aliphatic rings. The van der Waals surface area contributed by atoms with Crippen molar-refractivity contribution in [2.45, 2.75) is 70.3 Å². The van der Waals surface area contributed by atoms with Crippen molar-refractivity contribution in [3.63, 3.8) is 0 Å². The average molecular weight is 295 g/mol. The molecule has 0 radical (unpaired) electrons. The topological polar surface area (TPSA) is 74.2 Å². The minimum absolute atomic E-state index is 0.332. The summed E-state index contributed by atoms with van der Waals surface area (Å²) in [6, 6.07) is 0. The quantitative estimate of drug-likeness (QED) is 0.782. The van der Waals surface area contributed by atoms with Gasteiger partial charge in [0.1, 0.15) is 5.60 Å². The predicted octanol–water partition coefficient (Wildman–Crippen LogP) is 3.18. The molecule has 5 heteroatoms. The van der Waals surface area contributed by atoms with Crippen LogP contribution >= 0.6 is 0 Å². The molecule has 1 unspecified atom stereocenters. The van der Waals surface area contributed by atoms with Crippen LogP contribution in [0.1, 0.15) is 70.0 Å². The van der Waals surface area contributed by atoms with Crippen LogP contribution in [0.25, 0.3) is 0 Å². The number of rotatable bonds is 7. The van der Waals surface area contributed by atoms with Crippen LogP contribution < -0.4 is 5.73 Å². The van der Waals surface area contributed by atoms with Gasteiger partial charge in [0.15, 0.2) is 0 Å². The summed E-state index contributed by atoms with van der Waals surface area (Å²) >= 11 is 0. The third kappa shape index (κ3) is 4.27. The first-order valence-corrected chi connectivity index (χ1v) is 8.28. The Bertz CT molecular complexity index is 411. The fraction of sp³-hybridized carbons (Fsp3) is 0.875. The van der Waals surface area contributed by atoms with Gasteiger partial charge in [-0.15, -0.1) is 0 Å². The third-order valence-electron chi connectivity index (χ3n) is 4.69. The normalized spacial score (nSPS) is 20.1. The van der Waals surface area contributed by atoms with Crippen LogP contribution in [-0.4, -0.2) is 23.8 Å². The van der Waals surface area contributed by atoms with Crippen LogP contribution in [0.3, 0.4) is 0 Å². The highest BCUT2D eigenvalue weighted by atomic mass is 16.5. The lowest BCUT2D eigenvalue weighted by atomic mass is 9.93. The van der Waals surface area contributed by atoms with Crippen LogP contribution in [-0.2, 0) is 16.8 Å². The van der Waals surface area contributed by atoms with Crippen molar-refractivity contribution in [1.82, 2.24) is 10.1 Å². The van der Waals surface area contributed by atoms with E-state index in [4.69, 9.17) is 15.0 Å². The summed E-state index contributed by atoms with van der Waals surface area (Å²) in [6.07, 6.45) is 9.78. The van der Waals surface area contributed by atoms with Gasteiger partial charge in [-0.1, -0.05) is 37.8 Å². The van der Waals surface area contributed by atoms with Gasteiger partial charge < -0.3 is 15.0 Å². The lowest BCUT2D eigenvalue weighted by Crippen LogP contribution is -2.29. The van der Waals surface area contributed by atoms with Gasteiger partial charge in [0, 0.05) is 13.5 Å². The Labute approximate surface area is 127 Å². The molecule has 1 saturated carbocycles. The molecule has 21 heavy (non-hydrogen) atoms. The monoisotopic (exact) mass is 295 g/mol. The summed E-state index contributed by atoms with van der Waals surface area (Å²) in [5.41, 5.74) is 5.25. The first-order valence-electron chi connectivity index (χ1n) is 8.28. The Morgan fingerprint density at radius 1 is 1.24 bits per heavy atom. The SMILES string of the molecule is COC1(c2noc(CCC(C)CCN)n2)CCCCCC1. The molecule has 1 aromatic heterocycles. The maximum Gasteiger partial charge on any atom is 0.226 e. The number of nitrogens with zero attached hydrogens (tertiary/aromatic N) is 2. The lowest BCUT2D eigenvalue weighted by molar-refractivity contribution is -0.0365. The highest BCUT2D eigenvalue weighted by Crippen LogP contribution is 2.37. The van der Waals surface area contributed by atoms with Crippen LogP contribution in [0.15, 0.2) is 4.52 Å². The predicted molar refractivity (Wildman–Crippen MR) is 81.8 cm³/mol. The van der Waals surface area contributed by atoms with E-state index >= 15 is 0 Å². The molecule has 1 atom stereocenters. The van der Waals surface area contributed by atoms with Crippen molar-refractivity contribution in [3.05, 3.63) is 11.7 Å². The van der Waals surface area contributed by atoms with E-state index in [9.17, 15) is 0 Å². The number of nitrogens with two attached hydrogens (primary N) is 1. The molecule has 1 fully saturated rings. The molecular formula is C16H29N3O2. The Balaban J connectivity index is 2.00. The molecule has 0 aliphatic heterocycles. The summed E-state index contributed by atoms with van der Waals surface area (Å²) in [5.74, 6) is 2.07. The maximum atomic E-state index is 5.82. The number of hydrogen-bond acceptors (Lipinski definition) is 5. The average Bonchev–Trinajstić information content (AvgIpc) is 2.83. The Hall–Kier alpha value is -0.940. The van der Waals surface area contributed by atoms with Crippen LogP contribution in [0.2, 0.25) is 0 Å². The van der Waals surface area contributed by atoms with Crippen LogP contribution in [0.4, 0.5) is 0 Å². The van der Waals surface area contributed by atoms with Gasteiger partial charge in [-0.05, 0) is 38.1 Å². The molecule has 1 heterocycles.